The van der Waals surface area contributed by atoms with Crippen LogP contribution in [0.2, 0.25) is 0 Å². The second-order valence-electron chi connectivity index (χ2n) is 12.0. The molecule has 1 aliphatic carbocycles. The lowest BCUT2D eigenvalue weighted by Gasteiger charge is -2.34. The highest BCUT2D eigenvalue weighted by molar-refractivity contribution is 7.92. The summed E-state index contributed by atoms with van der Waals surface area (Å²) in [6.07, 6.45) is 6.68. The number of hydrogen-bond donors (Lipinski definition) is 1. The van der Waals surface area contributed by atoms with Gasteiger partial charge < -0.3 is 19.7 Å². The normalized spacial score (nSPS) is 15.5. The van der Waals surface area contributed by atoms with Crippen LogP contribution in [0.1, 0.15) is 56.1 Å². The molecule has 46 heavy (non-hydrogen) atoms. The fraction of sp³-hybridized carbons (Fsp3) is 0.429. The molecule has 1 N–H and O–H groups in total. The molecule has 246 valence electrons. The van der Waals surface area contributed by atoms with E-state index in [1.54, 1.807) is 35.2 Å². The van der Waals surface area contributed by atoms with Crippen LogP contribution in [-0.2, 0) is 32.6 Å². The number of ether oxygens (including phenoxy) is 2. The smallest absolute Gasteiger partial charge is 0.243 e. The zero-order valence-electron chi connectivity index (χ0n) is 26.2. The van der Waals surface area contributed by atoms with Gasteiger partial charge in [0.1, 0.15) is 25.1 Å². The summed E-state index contributed by atoms with van der Waals surface area (Å²) in [7, 11) is -3.69. The topological polar surface area (TPSA) is 105 Å². The summed E-state index contributed by atoms with van der Waals surface area (Å²) in [5, 5.41) is 3.21. The zero-order valence-corrected chi connectivity index (χ0v) is 27.0. The van der Waals surface area contributed by atoms with Gasteiger partial charge in [-0.05, 0) is 54.7 Å². The average molecular weight is 652 g/mol. The summed E-state index contributed by atoms with van der Waals surface area (Å²) in [5.41, 5.74) is 2.01. The third-order valence-corrected chi connectivity index (χ3v) is 9.65. The Labute approximate surface area is 270 Å². The first kappa shape index (κ1) is 33.2. The Morgan fingerprint density at radius 2 is 1.61 bits per heavy atom. The number of nitrogens with zero attached hydrogens (tertiary/aromatic N) is 2. The quantitative estimate of drug-likeness (QED) is 0.272. The van der Waals surface area contributed by atoms with Crippen LogP contribution in [0, 0.1) is 5.82 Å². The molecule has 9 nitrogen and oxygen atoms in total. The van der Waals surface area contributed by atoms with Gasteiger partial charge in [0.2, 0.25) is 21.8 Å². The number of hydrogen-bond acceptors (Lipinski definition) is 6. The van der Waals surface area contributed by atoms with Gasteiger partial charge in [0, 0.05) is 38.0 Å². The van der Waals surface area contributed by atoms with Crippen LogP contribution in [0.4, 0.5) is 10.1 Å². The van der Waals surface area contributed by atoms with Crippen molar-refractivity contribution in [1.82, 2.24) is 10.2 Å². The van der Waals surface area contributed by atoms with Crippen LogP contribution < -0.4 is 19.1 Å². The molecule has 0 saturated heterocycles. The van der Waals surface area contributed by atoms with Gasteiger partial charge in [0.05, 0.1) is 11.9 Å². The molecule has 2 amide bonds. The van der Waals surface area contributed by atoms with E-state index in [0.29, 0.717) is 42.4 Å². The van der Waals surface area contributed by atoms with Crippen LogP contribution in [-0.4, -0.2) is 63.2 Å². The van der Waals surface area contributed by atoms with Crippen LogP contribution in [0.3, 0.4) is 0 Å². The molecule has 1 unspecified atom stereocenters. The third kappa shape index (κ3) is 8.99. The first-order valence-corrected chi connectivity index (χ1v) is 17.8. The Balaban J connectivity index is 1.37. The highest BCUT2D eigenvalue weighted by atomic mass is 32.2. The Bertz CT molecular complexity index is 1580. The van der Waals surface area contributed by atoms with Crippen LogP contribution in [0.5, 0.6) is 11.5 Å². The van der Waals surface area contributed by atoms with Crippen molar-refractivity contribution in [2.24, 2.45) is 0 Å². The Morgan fingerprint density at radius 1 is 0.913 bits per heavy atom. The van der Waals surface area contributed by atoms with Crippen LogP contribution in [0.15, 0.2) is 72.8 Å². The van der Waals surface area contributed by atoms with Crippen molar-refractivity contribution in [1.29, 1.82) is 0 Å². The van der Waals surface area contributed by atoms with Gasteiger partial charge in [-0.3, -0.25) is 13.9 Å². The van der Waals surface area contributed by atoms with Gasteiger partial charge in [-0.2, -0.15) is 0 Å². The number of nitrogens with one attached hydrogen (secondary N) is 1. The molecule has 11 heteroatoms. The molecule has 5 rings (SSSR count). The third-order valence-electron chi connectivity index (χ3n) is 8.45. The number of carbonyl (C=O) groups is 2. The number of sulfonamides is 1. The van der Waals surface area contributed by atoms with Gasteiger partial charge in [-0.25, -0.2) is 12.8 Å². The summed E-state index contributed by atoms with van der Waals surface area (Å²) in [5.74, 6) is 0.107. The molecule has 1 aliphatic heterocycles. The second-order valence-corrected chi connectivity index (χ2v) is 13.9. The van der Waals surface area contributed by atoms with Gasteiger partial charge in [0.15, 0.2) is 11.5 Å². The summed E-state index contributed by atoms with van der Waals surface area (Å²) in [6, 6.07) is 19.7. The largest absolute Gasteiger partial charge is 0.486 e. The van der Waals surface area contributed by atoms with E-state index in [2.05, 4.69) is 5.32 Å². The van der Waals surface area contributed by atoms with Crippen molar-refractivity contribution in [3.63, 3.8) is 0 Å². The number of fused-ring (bicyclic) bond motifs is 1. The molecule has 3 aromatic rings. The van der Waals surface area contributed by atoms with Crippen molar-refractivity contribution in [2.75, 3.05) is 30.3 Å². The summed E-state index contributed by atoms with van der Waals surface area (Å²) in [4.78, 5) is 29.6. The molecule has 3 aromatic carbocycles. The van der Waals surface area contributed by atoms with Gasteiger partial charge >= 0.3 is 0 Å². The van der Waals surface area contributed by atoms with E-state index in [1.807, 2.05) is 30.3 Å². The molecule has 1 heterocycles. The number of amides is 2. The maximum absolute atomic E-state index is 14.1. The predicted molar refractivity (Wildman–Crippen MR) is 175 cm³/mol. The van der Waals surface area contributed by atoms with E-state index in [9.17, 15) is 22.4 Å². The first-order chi connectivity index (χ1) is 22.2. The summed E-state index contributed by atoms with van der Waals surface area (Å²) >= 11 is 0. The van der Waals surface area contributed by atoms with Crippen molar-refractivity contribution < 1.29 is 31.9 Å². The van der Waals surface area contributed by atoms with Gasteiger partial charge in [0.25, 0.3) is 0 Å². The monoisotopic (exact) mass is 651 g/mol. The van der Waals surface area contributed by atoms with Gasteiger partial charge in [-0.15, -0.1) is 0 Å². The molecule has 2 aliphatic rings. The van der Waals surface area contributed by atoms with E-state index in [4.69, 9.17) is 9.47 Å². The lowest BCUT2D eigenvalue weighted by molar-refractivity contribution is -0.141. The van der Waals surface area contributed by atoms with E-state index in [-0.39, 0.29) is 43.8 Å². The molecular weight excluding hydrogens is 609 g/mol. The van der Waals surface area contributed by atoms with Crippen molar-refractivity contribution in [2.45, 2.75) is 70.0 Å². The Hall–Kier alpha value is -4.12. The average Bonchev–Trinajstić information content (AvgIpc) is 3.05. The number of benzene rings is 3. The molecule has 0 radical (unpaired) electrons. The zero-order chi connectivity index (χ0) is 32.5. The van der Waals surface area contributed by atoms with Gasteiger partial charge in [-0.1, -0.05) is 61.7 Å². The molecule has 1 fully saturated rings. The molecule has 0 bridgehead atoms. The van der Waals surface area contributed by atoms with Crippen molar-refractivity contribution in [3.8, 4) is 11.5 Å². The lowest BCUT2D eigenvalue weighted by atomic mass is 9.94. The second kappa shape index (κ2) is 15.4. The molecule has 1 saturated carbocycles. The summed E-state index contributed by atoms with van der Waals surface area (Å²) in [6.45, 7) is 0.938. The lowest BCUT2D eigenvalue weighted by Crippen LogP contribution is -2.52. The Kier molecular flexibility index (Phi) is 11.2. The number of halogens is 1. The predicted octanol–water partition coefficient (Wildman–Crippen LogP) is 5.23. The molecule has 0 spiro atoms. The SMILES string of the molecule is CS(=O)(=O)N(CCCC(=O)N(Cc1ccc(F)cc1)C(Cc1ccccc1)C(=O)NC1CCCCC1)c1ccc2c(c1)OCCO2. The minimum Gasteiger partial charge on any atom is -0.486 e. The minimum atomic E-state index is -3.69. The molecule has 1 atom stereocenters. The number of carbonyl (C=O) groups excluding carboxylic acids is 2. The first-order valence-electron chi connectivity index (χ1n) is 15.9. The number of rotatable bonds is 13. The summed E-state index contributed by atoms with van der Waals surface area (Å²) < 4.78 is 51.9. The highest BCUT2D eigenvalue weighted by Gasteiger charge is 2.32. The fourth-order valence-corrected chi connectivity index (χ4v) is 7.03. The van der Waals surface area contributed by atoms with E-state index in [1.165, 1.54) is 16.4 Å². The maximum Gasteiger partial charge on any atom is 0.243 e. The molecule has 0 aromatic heterocycles. The van der Waals surface area contributed by atoms with E-state index in [0.717, 1.165) is 43.9 Å². The van der Waals surface area contributed by atoms with E-state index < -0.39 is 21.9 Å². The number of anilines is 1. The minimum absolute atomic E-state index is 0.000233. The highest BCUT2D eigenvalue weighted by Crippen LogP contribution is 2.35. The van der Waals surface area contributed by atoms with Crippen LogP contribution in [0.25, 0.3) is 0 Å². The van der Waals surface area contributed by atoms with Crippen LogP contribution >= 0.6 is 0 Å². The van der Waals surface area contributed by atoms with E-state index >= 15 is 0 Å². The van der Waals surface area contributed by atoms with Crippen molar-refractivity contribution >= 4 is 27.5 Å². The maximum atomic E-state index is 14.1. The Morgan fingerprint density at radius 3 is 2.30 bits per heavy atom. The molecular formula is C35H42FN3O6S. The van der Waals surface area contributed by atoms with Crippen molar-refractivity contribution in [3.05, 3.63) is 89.7 Å². The fourth-order valence-electron chi connectivity index (χ4n) is 6.08. The standard InChI is InChI=1S/C35H42FN3O6S/c1-46(42,43)39(30-18-19-32-33(24-30)45-22-21-44-32)20-8-13-34(40)38(25-27-14-16-28(36)17-15-27)31(23-26-9-4-2-5-10-26)35(41)37-29-11-6-3-7-12-29/h2,4-5,9-10,14-19,24,29,31H,3,6-8,11-13,20-23,25H2,1H3,(H,37,41).